The van der Waals surface area contributed by atoms with Gasteiger partial charge in [0.05, 0.1) is 0 Å². The molecule has 2 N–H and O–H groups in total. The lowest BCUT2D eigenvalue weighted by Crippen LogP contribution is -2.28. The normalized spacial score (nSPS) is 10.7. The average Bonchev–Trinajstić information content (AvgIpc) is 2.51. The molecule has 1 amide bonds. The van der Waals surface area contributed by atoms with Gasteiger partial charge in [0.2, 0.25) is 5.91 Å². The zero-order valence-electron chi connectivity index (χ0n) is 12.5. The smallest absolute Gasteiger partial charge is 0.254 e. The van der Waals surface area contributed by atoms with Crippen molar-refractivity contribution < 1.29 is 9.90 Å². The first-order chi connectivity index (χ1) is 11.0. The van der Waals surface area contributed by atoms with Crippen LogP contribution in [0.3, 0.4) is 0 Å². The fourth-order valence-corrected chi connectivity index (χ4v) is 2.45. The molecule has 0 unspecified atom stereocenters. The first kappa shape index (κ1) is 14.8. The molecule has 3 aromatic rings. The van der Waals surface area contributed by atoms with E-state index in [-0.39, 0.29) is 18.2 Å². The summed E-state index contributed by atoms with van der Waals surface area (Å²) in [5.74, 6) is -0.0119. The molecule has 0 spiro atoms. The number of anilines is 1. The molecule has 6 nitrogen and oxygen atoms in total. The molecular weight excluding hydrogens is 294 g/mol. The minimum absolute atomic E-state index is 0.111. The second-order valence-corrected chi connectivity index (χ2v) is 5.21. The van der Waals surface area contributed by atoms with E-state index < -0.39 is 5.56 Å². The van der Waals surface area contributed by atoms with Crippen molar-refractivity contribution in [2.75, 3.05) is 5.32 Å². The maximum atomic E-state index is 12.2. The van der Waals surface area contributed by atoms with Crippen LogP contribution in [-0.4, -0.2) is 20.6 Å². The van der Waals surface area contributed by atoms with Gasteiger partial charge in [-0.05, 0) is 24.4 Å². The predicted molar refractivity (Wildman–Crippen MR) is 87.5 cm³/mol. The van der Waals surface area contributed by atoms with Crippen molar-refractivity contribution in [1.29, 1.82) is 0 Å². The number of benzene rings is 1. The van der Waals surface area contributed by atoms with E-state index in [1.54, 1.807) is 13.1 Å². The summed E-state index contributed by atoms with van der Waals surface area (Å²) in [6.07, 6.45) is 1.62. The number of rotatable bonds is 3. The van der Waals surface area contributed by atoms with E-state index in [0.717, 1.165) is 16.8 Å². The van der Waals surface area contributed by atoms with Crippen molar-refractivity contribution >= 4 is 22.5 Å². The Kier molecular flexibility index (Phi) is 3.80. The van der Waals surface area contributed by atoms with Crippen molar-refractivity contribution in [2.45, 2.75) is 13.5 Å². The molecule has 0 radical (unpaired) electrons. The Hall–Kier alpha value is -3.15. The van der Waals surface area contributed by atoms with Crippen molar-refractivity contribution in [3.63, 3.8) is 0 Å². The van der Waals surface area contributed by atoms with Gasteiger partial charge in [-0.25, -0.2) is 4.98 Å². The van der Waals surface area contributed by atoms with Gasteiger partial charge >= 0.3 is 0 Å². The van der Waals surface area contributed by atoms with E-state index in [2.05, 4.69) is 10.3 Å². The van der Waals surface area contributed by atoms with E-state index >= 15 is 0 Å². The highest BCUT2D eigenvalue weighted by molar-refractivity contribution is 6.00. The lowest BCUT2D eigenvalue weighted by Gasteiger charge is -2.11. The molecule has 0 aliphatic carbocycles. The molecule has 1 aromatic carbocycles. The number of nitrogens with zero attached hydrogens (tertiary/aromatic N) is 2. The predicted octanol–water partition coefficient (Wildman–Crippen LogP) is 2.05. The zero-order valence-corrected chi connectivity index (χ0v) is 12.5. The zero-order chi connectivity index (χ0) is 16.4. The SMILES string of the molecule is Cc1cc(O)cc(=O)n1CC(=O)Nc1nccc2ccccc12. The fraction of sp³-hybridized carbons (Fsp3) is 0.118. The third-order valence-corrected chi connectivity index (χ3v) is 3.55. The van der Waals surface area contributed by atoms with E-state index in [1.807, 2.05) is 30.3 Å². The van der Waals surface area contributed by atoms with Crippen LogP contribution in [-0.2, 0) is 11.3 Å². The number of carbonyl (C=O) groups excluding carboxylic acids is 1. The largest absolute Gasteiger partial charge is 0.508 e. The number of hydrogen-bond donors (Lipinski definition) is 2. The third-order valence-electron chi connectivity index (χ3n) is 3.55. The van der Waals surface area contributed by atoms with Gasteiger partial charge < -0.3 is 15.0 Å². The summed E-state index contributed by atoms with van der Waals surface area (Å²) in [6.45, 7) is 1.51. The average molecular weight is 309 g/mol. The van der Waals surface area contributed by atoms with Gasteiger partial charge in [0.1, 0.15) is 18.1 Å². The van der Waals surface area contributed by atoms with Gasteiger partial charge in [0.25, 0.3) is 5.56 Å². The number of aromatic nitrogens is 2. The van der Waals surface area contributed by atoms with Gasteiger partial charge in [-0.15, -0.1) is 0 Å². The van der Waals surface area contributed by atoms with Gasteiger partial charge in [-0.2, -0.15) is 0 Å². The number of pyridine rings is 2. The van der Waals surface area contributed by atoms with E-state index in [1.165, 1.54) is 10.6 Å². The number of aromatic hydroxyl groups is 1. The number of amides is 1. The summed E-state index contributed by atoms with van der Waals surface area (Å²) in [5, 5.41) is 13.9. The summed E-state index contributed by atoms with van der Waals surface area (Å²) in [4.78, 5) is 28.3. The van der Waals surface area contributed by atoms with Crippen LogP contribution in [0.1, 0.15) is 5.69 Å². The lowest BCUT2D eigenvalue weighted by atomic mass is 10.1. The maximum Gasteiger partial charge on any atom is 0.254 e. The van der Waals surface area contributed by atoms with Crippen LogP contribution in [0.4, 0.5) is 5.82 Å². The molecule has 6 heteroatoms. The molecule has 0 aliphatic rings. The highest BCUT2D eigenvalue weighted by atomic mass is 16.3. The van der Waals surface area contributed by atoms with Gasteiger partial charge in [0.15, 0.2) is 0 Å². The maximum absolute atomic E-state index is 12.2. The van der Waals surface area contributed by atoms with Gasteiger partial charge in [-0.1, -0.05) is 24.3 Å². The van der Waals surface area contributed by atoms with E-state index in [9.17, 15) is 14.7 Å². The van der Waals surface area contributed by atoms with Gasteiger partial charge in [0, 0.05) is 23.3 Å². The quantitative estimate of drug-likeness (QED) is 0.775. The lowest BCUT2D eigenvalue weighted by molar-refractivity contribution is -0.116. The molecule has 0 atom stereocenters. The molecule has 23 heavy (non-hydrogen) atoms. The molecule has 2 heterocycles. The first-order valence-electron chi connectivity index (χ1n) is 7.08. The highest BCUT2D eigenvalue weighted by Gasteiger charge is 2.10. The number of hydrogen-bond acceptors (Lipinski definition) is 4. The Morgan fingerprint density at radius 3 is 2.83 bits per heavy atom. The Balaban J connectivity index is 1.86. The molecule has 116 valence electrons. The third kappa shape index (κ3) is 3.06. The first-order valence-corrected chi connectivity index (χ1v) is 7.08. The van der Waals surface area contributed by atoms with Crippen LogP contribution in [0.15, 0.2) is 53.5 Å². The highest BCUT2D eigenvalue weighted by Crippen LogP contribution is 2.20. The van der Waals surface area contributed by atoms with Crippen LogP contribution in [0.25, 0.3) is 10.8 Å². The summed E-state index contributed by atoms with van der Waals surface area (Å²) < 4.78 is 1.29. The monoisotopic (exact) mass is 309 g/mol. The second kappa shape index (κ2) is 5.92. The number of aryl methyl sites for hydroxylation is 1. The summed E-state index contributed by atoms with van der Waals surface area (Å²) in [5.41, 5.74) is 0.0829. The molecular formula is C17H15N3O3. The molecule has 2 aromatic heterocycles. The second-order valence-electron chi connectivity index (χ2n) is 5.21. The van der Waals surface area contributed by atoms with Crippen LogP contribution in [0.5, 0.6) is 5.75 Å². The number of nitrogens with one attached hydrogen (secondary N) is 1. The summed E-state index contributed by atoms with van der Waals surface area (Å²) >= 11 is 0. The molecule has 0 saturated carbocycles. The van der Waals surface area contributed by atoms with E-state index in [4.69, 9.17) is 0 Å². The molecule has 0 bridgehead atoms. The van der Waals surface area contributed by atoms with E-state index in [0.29, 0.717) is 11.5 Å². The van der Waals surface area contributed by atoms with Crippen LogP contribution in [0.2, 0.25) is 0 Å². The standard InChI is InChI=1S/C17H15N3O3/c1-11-8-13(21)9-16(23)20(11)10-15(22)19-17-14-5-3-2-4-12(14)6-7-18-17/h2-9,21H,10H2,1H3,(H,18,19,22). The number of carbonyl (C=O) groups is 1. The number of fused-ring (bicyclic) bond motifs is 1. The fourth-order valence-electron chi connectivity index (χ4n) is 2.45. The van der Waals surface area contributed by atoms with Crippen molar-refractivity contribution in [3.8, 4) is 5.75 Å². The topological polar surface area (TPSA) is 84.2 Å². The summed E-state index contributed by atoms with van der Waals surface area (Å²) in [7, 11) is 0. The van der Waals surface area contributed by atoms with Crippen molar-refractivity contribution in [3.05, 3.63) is 64.7 Å². The Morgan fingerprint density at radius 2 is 2.04 bits per heavy atom. The van der Waals surface area contributed by atoms with Crippen LogP contribution < -0.4 is 10.9 Å². The summed E-state index contributed by atoms with van der Waals surface area (Å²) in [6, 6.07) is 12.0. The molecule has 3 rings (SSSR count). The Morgan fingerprint density at radius 1 is 1.26 bits per heavy atom. The minimum Gasteiger partial charge on any atom is -0.508 e. The van der Waals surface area contributed by atoms with Crippen LogP contribution >= 0.6 is 0 Å². The molecule has 0 saturated heterocycles. The minimum atomic E-state index is -0.427. The Bertz CT molecular complexity index is 942. The molecule has 0 fully saturated rings. The van der Waals surface area contributed by atoms with Crippen LogP contribution in [0, 0.1) is 6.92 Å². The Labute approximate surface area is 132 Å². The van der Waals surface area contributed by atoms with Crippen molar-refractivity contribution in [1.82, 2.24) is 9.55 Å². The van der Waals surface area contributed by atoms with Gasteiger partial charge in [-0.3, -0.25) is 9.59 Å². The molecule has 0 aliphatic heterocycles. The van der Waals surface area contributed by atoms with Crippen molar-refractivity contribution in [2.24, 2.45) is 0 Å².